The first kappa shape index (κ1) is 18.0. The van der Waals surface area contributed by atoms with E-state index in [-0.39, 0.29) is 17.5 Å². The molecule has 0 bridgehead atoms. The molecule has 0 aliphatic carbocycles. The maximum Gasteiger partial charge on any atom is 0.269 e. The molecule has 2 aliphatic rings. The fraction of sp³-hybridized carbons (Fsp3) is 0.300. The van der Waals surface area contributed by atoms with E-state index in [2.05, 4.69) is 10.6 Å². The lowest BCUT2D eigenvalue weighted by Crippen LogP contribution is -2.62. The first-order valence-corrected chi connectivity index (χ1v) is 9.12. The summed E-state index contributed by atoms with van der Waals surface area (Å²) in [6, 6.07) is 11.4. The Morgan fingerprint density at radius 1 is 1.11 bits per heavy atom. The van der Waals surface area contributed by atoms with Gasteiger partial charge >= 0.3 is 0 Å². The molecule has 8 nitrogen and oxygen atoms in total. The van der Waals surface area contributed by atoms with E-state index in [1.165, 1.54) is 24.3 Å². The molecule has 0 atom stereocenters. The van der Waals surface area contributed by atoms with E-state index in [9.17, 15) is 19.7 Å². The lowest BCUT2D eigenvalue weighted by atomic mass is 9.91. The molecule has 0 unspecified atom stereocenters. The number of benzene rings is 2. The minimum Gasteiger partial charge on any atom is -0.362 e. The second-order valence-corrected chi connectivity index (χ2v) is 7.31. The predicted octanol–water partition coefficient (Wildman–Crippen LogP) is 2.69. The van der Waals surface area contributed by atoms with Crippen molar-refractivity contribution in [3.63, 3.8) is 0 Å². The van der Waals surface area contributed by atoms with E-state index in [1.54, 1.807) is 4.90 Å². The molecule has 4 rings (SSSR count). The molecular formula is C20H20N4O4. The summed E-state index contributed by atoms with van der Waals surface area (Å²) in [5, 5.41) is 17.3. The van der Waals surface area contributed by atoms with E-state index >= 15 is 0 Å². The number of non-ortho nitro benzene ring substituents is 1. The van der Waals surface area contributed by atoms with Gasteiger partial charge in [-0.15, -0.1) is 0 Å². The minimum atomic E-state index is -0.564. The number of nitro benzene ring substituents is 1. The summed E-state index contributed by atoms with van der Waals surface area (Å²) >= 11 is 0. The lowest BCUT2D eigenvalue weighted by Gasteiger charge is -2.46. The molecule has 2 aromatic carbocycles. The van der Waals surface area contributed by atoms with Gasteiger partial charge in [-0.3, -0.25) is 19.7 Å². The Kier molecular flexibility index (Phi) is 4.26. The number of carbonyl (C=O) groups is 2. The highest BCUT2D eigenvalue weighted by Crippen LogP contribution is 2.32. The van der Waals surface area contributed by atoms with Crippen molar-refractivity contribution in [2.45, 2.75) is 25.4 Å². The van der Waals surface area contributed by atoms with Crippen LogP contribution in [0.4, 0.5) is 11.4 Å². The molecule has 2 amide bonds. The lowest BCUT2D eigenvalue weighted by molar-refractivity contribution is -0.384. The van der Waals surface area contributed by atoms with Crippen LogP contribution in [0.5, 0.6) is 0 Å². The first-order chi connectivity index (χ1) is 13.4. The average molecular weight is 380 g/mol. The highest BCUT2D eigenvalue weighted by molar-refractivity contribution is 6.02. The number of nitrogens with one attached hydrogen (secondary N) is 2. The molecule has 2 aliphatic heterocycles. The number of nitrogens with zero attached hydrogens (tertiary/aromatic N) is 2. The van der Waals surface area contributed by atoms with Crippen molar-refractivity contribution in [1.29, 1.82) is 0 Å². The molecule has 144 valence electrons. The molecule has 0 radical (unpaired) electrons. The number of likely N-dealkylation sites (tertiary alicyclic amines) is 1. The minimum absolute atomic E-state index is 0.0443. The van der Waals surface area contributed by atoms with E-state index in [1.807, 2.05) is 25.1 Å². The molecule has 0 saturated carbocycles. The Labute approximate surface area is 161 Å². The van der Waals surface area contributed by atoms with E-state index in [0.29, 0.717) is 37.1 Å². The second kappa shape index (κ2) is 6.63. The highest BCUT2D eigenvalue weighted by atomic mass is 16.6. The number of hydrogen-bond donors (Lipinski definition) is 2. The van der Waals surface area contributed by atoms with Gasteiger partial charge in [0.15, 0.2) is 0 Å². The number of nitro groups is 1. The summed E-state index contributed by atoms with van der Waals surface area (Å²) in [4.78, 5) is 37.2. The number of fused-ring (bicyclic) bond motifs is 1. The third-order valence-corrected chi connectivity index (χ3v) is 5.38. The van der Waals surface area contributed by atoms with Crippen molar-refractivity contribution in [2.24, 2.45) is 0 Å². The van der Waals surface area contributed by atoms with Crippen LogP contribution >= 0.6 is 0 Å². The van der Waals surface area contributed by atoms with Crippen molar-refractivity contribution in [2.75, 3.05) is 18.4 Å². The highest BCUT2D eigenvalue weighted by Gasteiger charge is 2.41. The summed E-state index contributed by atoms with van der Waals surface area (Å²) in [7, 11) is 0. The first-order valence-electron chi connectivity index (χ1n) is 9.12. The Balaban J connectivity index is 1.46. The zero-order chi connectivity index (χ0) is 19.9. The molecule has 2 N–H and O–H groups in total. The Bertz CT molecular complexity index is 963. The van der Waals surface area contributed by atoms with Crippen molar-refractivity contribution in [3.8, 4) is 0 Å². The molecule has 0 aromatic heterocycles. The zero-order valence-corrected chi connectivity index (χ0v) is 15.4. The average Bonchev–Trinajstić information content (AvgIpc) is 2.69. The van der Waals surface area contributed by atoms with Gasteiger partial charge < -0.3 is 15.5 Å². The van der Waals surface area contributed by atoms with Gasteiger partial charge in [-0.1, -0.05) is 11.6 Å². The van der Waals surface area contributed by atoms with Crippen LogP contribution in [0.2, 0.25) is 0 Å². The number of carbonyl (C=O) groups excluding carboxylic acids is 2. The van der Waals surface area contributed by atoms with Gasteiger partial charge in [-0.25, -0.2) is 0 Å². The summed E-state index contributed by atoms with van der Waals surface area (Å²) in [6.07, 6.45) is 1.15. The molecule has 2 aromatic rings. The number of hydrogen-bond acceptors (Lipinski definition) is 5. The maximum absolute atomic E-state index is 12.7. The standard InChI is InChI=1S/C20H20N4O4/c1-13-2-7-17-16(12-13)18(25)22-20(21-17)8-10-23(11-9-20)19(26)14-3-5-15(6-4-14)24(27)28/h2-7,12,21H,8-11H2,1H3,(H,22,25). The van der Waals surface area contributed by atoms with Gasteiger partial charge in [-0.2, -0.15) is 0 Å². The number of aryl methyl sites for hydroxylation is 1. The van der Waals surface area contributed by atoms with Gasteiger partial charge in [0.05, 0.1) is 10.5 Å². The van der Waals surface area contributed by atoms with Crippen LogP contribution in [0.25, 0.3) is 0 Å². The predicted molar refractivity (Wildman–Crippen MR) is 103 cm³/mol. The molecule has 1 spiro atoms. The van der Waals surface area contributed by atoms with E-state index in [4.69, 9.17) is 0 Å². The van der Waals surface area contributed by atoms with Gasteiger partial charge in [-0.05, 0) is 31.2 Å². The normalized spacial score (nSPS) is 17.5. The smallest absolute Gasteiger partial charge is 0.269 e. The Morgan fingerprint density at radius 2 is 1.79 bits per heavy atom. The number of piperidine rings is 1. The quantitative estimate of drug-likeness (QED) is 0.616. The van der Waals surface area contributed by atoms with Crippen LogP contribution in [0.15, 0.2) is 42.5 Å². The summed E-state index contributed by atoms with van der Waals surface area (Å²) < 4.78 is 0. The number of rotatable bonds is 2. The molecule has 28 heavy (non-hydrogen) atoms. The SMILES string of the molecule is Cc1ccc2c(c1)C(=O)NC1(CCN(C(=O)c3ccc([N+](=O)[O-])cc3)CC1)N2. The van der Waals surface area contributed by atoms with Crippen LogP contribution in [-0.2, 0) is 0 Å². The molecule has 8 heteroatoms. The molecule has 1 fully saturated rings. The fourth-order valence-corrected chi connectivity index (χ4v) is 3.78. The van der Waals surface area contributed by atoms with Crippen LogP contribution < -0.4 is 10.6 Å². The van der Waals surface area contributed by atoms with Crippen molar-refractivity contribution in [3.05, 3.63) is 69.3 Å². The second-order valence-electron chi connectivity index (χ2n) is 7.31. The van der Waals surface area contributed by atoms with Crippen molar-refractivity contribution in [1.82, 2.24) is 10.2 Å². The largest absolute Gasteiger partial charge is 0.362 e. The van der Waals surface area contributed by atoms with Gasteiger partial charge in [0.1, 0.15) is 5.66 Å². The number of amides is 2. The van der Waals surface area contributed by atoms with Crippen LogP contribution in [0.1, 0.15) is 39.1 Å². The van der Waals surface area contributed by atoms with E-state index in [0.717, 1.165) is 11.3 Å². The van der Waals surface area contributed by atoms with Gasteiger partial charge in [0.2, 0.25) is 0 Å². The van der Waals surface area contributed by atoms with Crippen LogP contribution in [0.3, 0.4) is 0 Å². The fourth-order valence-electron chi connectivity index (χ4n) is 3.78. The zero-order valence-electron chi connectivity index (χ0n) is 15.4. The van der Waals surface area contributed by atoms with Crippen molar-refractivity contribution < 1.29 is 14.5 Å². The van der Waals surface area contributed by atoms with Crippen molar-refractivity contribution >= 4 is 23.2 Å². The van der Waals surface area contributed by atoms with Crippen LogP contribution in [0, 0.1) is 17.0 Å². The summed E-state index contributed by atoms with van der Waals surface area (Å²) in [5.41, 5.74) is 2.28. The molecule has 1 saturated heterocycles. The Hall–Kier alpha value is -3.42. The third kappa shape index (κ3) is 3.17. The molecule has 2 heterocycles. The summed E-state index contributed by atoms with van der Waals surface area (Å²) in [6.45, 7) is 2.90. The maximum atomic E-state index is 12.7. The van der Waals surface area contributed by atoms with Crippen LogP contribution in [-0.4, -0.2) is 40.4 Å². The third-order valence-electron chi connectivity index (χ3n) is 5.38. The monoisotopic (exact) mass is 380 g/mol. The van der Waals surface area contributed by atoms with E-state index < -0.39 is 10.6 Å². The summed E-state index contributed by atoms with van der Waals surface area (Å²) in [5.74, 6) is -0.268. The molecular weight excluding hydrogens is 360 g/mol. The number of anilines is 1. The topological polar surface area (TPSA) is 105 Å². The van der Waals surface area contributed by atoms with Gasteiger partial charge in [0, 0.05) is 49.3 Å². The van der Waals surface area contributed by atoms with Gasteiger partial charge in [0.25, 0.3) is 17.5 Å². The Morgan fingerprint density at radius 3 is 2.43 bits per heavy atom.